The van der Waals surface area contributed by atoms with E-state index < -0.39 is 6.29 Å². The number of piperidine rings is 1. The van der Waals surface area contributed by atoms with E-state index >= 15 is 0 Å². The first-order chi connectivity index (χ1) is 14.5. The molecule has 30 heavy (non-hydrogen) atoms. The van der Waals surface area contributed by atoms with Crippen molar-refractivity contribution in [2.24, 2.45) is 5.41 Å². The Balaban J connectivity index is 1.44. The second-order valence-electron chi connectivity index (χ2n) is 8.56. The fourth-order valence-corrected chi connectivity index (χ4v) is 5.18. The number of hydrogen-bond acceptors (Lipinski definition) is 7. The number of benzene rings is 1. The molecule has 1 spiro atoms. The first-order valence-corrected chi connectivity index (χ1v) is 10.8. The molecule has 2 saturated heterocycles. The van der Waals surface area contributed by atoms with Gasteiger partial charge in [-0.1, -0.05) is 23.7 Å². The van der Waals surface area contributed by atoms with Crippen LogP contribution in [-0.4, -0.2) is 52.8 Å². The van der Waals surface area contributed by atoms with Gasteiger partial charge in [0.2, 0.25) is 0 Å². The van der Waals surface area contributed by atoms with Gasteiger partial charge >= 0.3 is 0 Å². The predicted octanol–water partition coefficient (Wildman–Crippen LogP) is 2.86. The van der Waals surface area contributed by atoms with Crippen LogP contribution in [0.15, 0.2) is 12.1 Å². The fourth-order valence-electron chi connectivity index (χ4n) is 4.85. The molecular formula is C22H26ClN3O4. The number of ether oxygens (including phenoxy) is 2. The van der Waals surface area contributed by atoms with Crippen molar-refractivity contribution in [2.75, 3.05) is 31.2 Å². The highest BCUT2D eigenvalue weighted by Crippen LogP contribution is 2.43. The number of aromatic nitrogens is 2. The molecule has 8 heteroatoms. The van der Waals surface area contributed by atoms with Crippen molar-refractivity contribution in [1.29, 1.82) is 0 Å². The largest absolute Gasteiger partial charge is 0.491 e. The molecule has 0 unspecified atom stereocenters. The molecule has 3 aliphatic rings. The quantitative estimate of drug-likeness (QED) is 0.772. The van der Waals surface area contributed by atoms with Crippen molar-refractivity contribution in [2.45, 2.75) is 45.5 Å². The second-order valence-corrected chi connectivity index (χ2v) is 8.93. The Labute approximate surface area is 180 Å². The number of aryl methyl sites for hydroxylation is 1. The number of fused-ring (bicyclic) bond motifs is 1. The first kappa shape index (κ1) is 20.0. The molecule has 0 saturated carbocycles. The molecule has 1 aromatic heterocycles. The Kier molecular flexibility index (Phi) is 5.09. The monoisotopic (exact) mass is 431 g/mol. The Morgan fingerprint density at radius 1 is 1.27 bits per heavy atom. The van der Waals surface area contributed by atoms with Gasteiger partial charge in [-0.2, -0.15) is 0 Å². The maximum absolute atomic E-state index is 10.0. The van der Waals surface area contributed by atoms with Crippen LogP contribution < -0.4 is 9.64 Å². The number of nitrogens with zero attached hydrogens (tertiary/aromatic N) is 3. The Bertz CT molecular complexity index is 975. The highest BCUT2D eigenvalue weighted by Gasteiger charge is 2.42. The van der Waals surface area contributed by atoms with E-state index in [1.54, 1.807) is 0 Å². The smallest absolute Gasteiger partial charge is 0.155 e. The molecule has 2 aromatic rings. The third-order valence-electron chi connectivity index (χ3n) is 6.64. The summed E-state index contributed by atoms with van der Waals surface area (Å²) >= 11 is 6.63. The lowest BCUT2D eigenvalue weighted by Gasteiger charge is -2.39. The molecule has 160 valence electrons. The lowest BCUT2D eigenvalue weighted by molar-refractivity contribution is -0.0597. The number of hydrogen-bond donors (Lipinski definition) is 2. The molecule has 0 radical (unpaired) electrons. The molecule has 0 bridgehead atoms. The van der Waals surface area contributed by atoms with Gasteiger partial charge in [0.25, 0.3) is 0 Å². The molecule has 7 nitrogen and oxygen atoms in total. The highest BCUT2D eigenvalue weighted by molar-refractivity contribution is 6.35. The summed E-state index contributed by atoms with van der Waals surface area (Å²) in [6.45, 7) is 4.57. The third kappa shape index (κ3) is 3.34. The third-order valence-corrected chi connectivity index (χ3v) is 7.01. The highest BCUT2D eigenvalue weighted by atomic mass is 35.5. The SMILES string of the molecule is Cc1nc(N2CCC3(CC2)CO[C@@H](O)C3)c(CO)nc1-c1ccc2c(c1Cl)OCC2. The van der Waals surface area contributed by atoms with Crippen LogP contribution in [0.25, 0.3) is 11.3 Å². The topological polar surface area (TPSA) is 87.9 Å². The van der Waals surface area contributed by atoms with Crippen LogP contribution in [0.3, 0.4) is 0 Å². The summed E-state index contributed by atoms with van der Waals surface area (Å²) in [6, 6.07) is 3.99. The molecular weight excluding hydrogens is 406 g/mol. The van der Waals surface area contributed by atoms with Crippen LogP contribution >= 0.6 is 11.6 Å². The average molecular weight is 432 g/mol. The van der Waals surface area contributed by atoms with Crippen molar-refractivity contribution in [3.05, 3.63) is 34.1 Å². The van der Waals surface area contributed by atoms with E-state index in [1.165, 1.54) is 0 Å². The van der Waals surface area contributed by atoms with Crippen molar-refractivity contribution in [1.82, 2.24) is 9.97 Å². The maximum Gasteiger partial charge on any atom is 0.155 e. The van der Waals surface area contributed by atoms with Crippen LogP contribution in [0.4, 0.5) is 5.82 Å². The Morgan fingerprint density at radius 3 is 2.77 bits per heavy atom. The van der Waals surface area contributed by atoms with Crippen LogP contribution in [0.2, 0.25) is 5.02 Å². The summed E-state index contributed by atoms with van der Waals surface area (Å²) in [5.74, 6) is 1.45. The Morgan fingerprint density at radius 2 is 2.07 bits per heavy atom. The van der Waals surface area contributed by atoms with Crippen molar-refractivity contribution >= 4 is 17.4 Å². The summed E-state index contributed by atoms with van der Waals surface area (Å²) < 4.78 is 11.1. The number of anilines is 1. The van der Waals surface area contributed by atoms with Gasteiger partial charge in [-0.3, -0.25) is 0 Å². The summed E-state index contributed by atoms with van der Waals surface area (Å²) in [6.07, 6.45) is 2.75. The van der Waals surface area contributed by atoms with Gasteiger partial charge < -0.3 is 24.6 Å². The van der Waals surface area contributed by atoms with Crippen molar-refractivity contribution in [3.63, 3.8) is 0 Å². The van der Waals surface area contributed by atoms with Gasteiger partial charge in [-0.25, -0.2) is 9.97 Å². The standard InChI is InChI=1S/C22H26ClN3O4/c1-13-19(15-3-2-14-4-9-29-20(14)18(15)23)25-16(11-27)21(24-13)26-7-5-22(6-8-26)10-17(28)30-12-22/h2-3,17,27-28H,4-12H2,1H3/t17-/m1/s1. The van der Waals surface area contributed by atoms with Crippen molar-refractivity contribution < 1.29 is 19.7 Å². The number of rotatable bonds is 3. The molecule has 2 N–H and O–H groups in total. The molecule has 0 aliphatic carbocycles. The van der Waals surface area contributed by atoms with E-state index in [9.17, 15) is 10.2 Å². The lowest BCUT2D eigenvalue weighted by atomic mass is 9.77. The number of aliphatic hydroxyl groups is 2. The first-order valence-electron chi connectivity index (χ1n) is 10.5. The zero-order valence-corrected chi connectivity index (χ0v) is 17.8. The molecule has 3 aliphatic heterocycles. The maximum atomic E-state index is 10.0. The number of halogens is 1. The Hall–Kier alpha value is -1.93. The van der Waals surface area contributed by atoms with Crippen molar-refractivity contribution in [3.8, 4) is 17.0 Å². The zero-order chi connectivity index (χ0) is 20.9. The van der Waals surface area contributed by atoms with E-state index in [2.05, 4.69) is 4.90 Å². The average Bonchev–Trinajstić information content (AvgIpc) is 3.37. The minimum Gasteiger partial charge on any atom is -0.491 e. The minimum atomic E-state index is -0.646. The summed E-state index contributed by atoms with van der Waals surface area (Å²) in [4.78, 5) is 11.8. The van der Waals surface area contributed by atoms with Gasteiger partial charge in [-0.15, -0.1) is 0 Å². The van der Waals surface area contributed by atoms with Gasteiger partial charge in [-0.05, 0) is 25.3 Å². The van der Waals surface area contributed by atoms with Crippen LogP contribution in [-0.2, 0) is 17.8 Å². The van der Waals surface area contributed by atoms with E-state index in [0.717, 1.165) is 60.7 Å². The van der Waals surface area contributed by atoms with E-state index in [4.69, 9.17) is 31.0 Å². The zero-order valence-electron chi connectivity index (χ0n) is 17.0. The second kappa shape index (κ2) is 7.64. The molecule has 5 rings (SSSR count). The van der Waals surface area contributed by atoms with E-state index in [0.29, 0.717) is 36.0 Å². The predicted molar refractivity (Wildman–Crippen MR) is 113 cm³/mol. The normalized spacial score (nSPS) is 22.4. The summed E-state index contributed by atoms with van der Waals surface area (Å²) in [5, 5.41) is 20.3. The van der Waals surface area contributed by atoms with Crippen LogP contribution in [0, 0.1) is 12.3 Å². The fraction of sp³-hybridized carbons (Fsp3) is 0.545. The van der Waals surface area contributed by atoms with E-state index in [-0.39, 0.29) is 12.0 Å². The van der Waals surface area contributed by atoms with Crippen LogP contribution in [0.1, 0.15) is 36.2 Å². The van der Waals surface area contributed by atoms with Crippen LogP contribution in [0.5, 0.6) is 5.75 Å². The molecule has 1 atom stereocenters. The summed E-state index contributed by atoms with van der Waals surface area (Å²) in [7, 11) is 0. The molecule has 4 heterocycles. The van der Waals surface area contributed by atoms with Gasteiger partial charge in [0, 0.05) is 36.9 Å². The number of aliphatic hydroxyl groups excluding tert-OH is 2. The summed E-state index contributed by atoms with van der Waals surface area (Å²) in [5.41, 5.74) is 3.92. The van der Waals surface area contributed by atoms with Gasteiger partial charge in [0.1, 0.15) is 11.4 Å². The van der Waals surface area contributed by atoms with Gasteiger partial charge in [0.15, 0.2) is 12.1 Å². The molecule has 2 fully saturated rings. The van der Waals surface area contributed by atoms with E-state index in [1.807, 2.05) is 19.1 Å². The minimum absolute atomic E-state index is 0.0512. The van der Waals surface area contributed by atoms with Gasteiger partial charge in [0.05, 0.1) is 36.2 Å². The molecule has 0 amide bonds. The lowest BCUT2D eigenvalue weighted by Crippen LogP contribution is -2.41. The molecule has 1 aromatic carbocycles.